The molecule has 0 bridgehead atoms. The maximum absolute atomic E-state index is 9.81. The monoisotopic (exact) mass is 355 g/mol. The number of aliphatic hydroxyl groups excluding tert-OH is 1. The molecule has 0 radical (unpaired) electrons. The molecule has 0 spiro atoms. The van der Waals surface area contributed by atoms with Gasteiger partial charge in [-0.1, -0.05) is 53.5 Å². The van der Waals surface area contributed by atoms with E-state index in [1.165, 1.54) is 5.56 Å². The van der Waals surface area contributed by atoms with Gasteiger partial charge in [-0.05, 0) is 31.9 Å². The first-order chi connectivity index (χ1) is 12.1. The van der Waals surface area contributed by atoms with E-state index >= 15 is 0 Å². The summed E-state index contributed by atoms with van der Waals surface area (Å²) in [5.41, 5.74) is 4.40. The number of hydrogen-bond acceptors (Lipinski definition) is 6. The highest BCUT2D eigenvalue weighted by Gasteiger charge is 2.18. The molecule has 0 saturated carbocycles. The summed E-state index contributed by atoms with van der Waals surface area (Å²) >= 11 is 1.65. The van der Waals surface area contributed by atoms with Crippen LogP contribution in [0.15, 0.2) is 57.8 Å². The number of nitrogens with zero attached hydrogens (tertiary/aromatic N) is 2. The maximum Gasteiger partial charge on any atom is 0.189 e. The van der Waals surface area contributed by atoms with Crippen LogP contribution in [0.1, 0.15) is 35.9 Å². The number of aliphatic hydroxyl groups is 1. The summed E-state index contributed by atoms with van der Waals surface area (Å²) in [6, 6.07) is 10.3. The summed E-state index contributed by atoms with van der Waals surface area (Å²) in [4.78, 5) is 4.47. The molecule has 130 valence electrons. The highest BCUT2D eigenvalue weighted by molar-refractivity contribution is 7.96. The van der Waals surface area contributed by atoms with Crippen LogP contribution in [0.3, 0.4) is 0 Å². The average Bonchev–Trinajstić information content (AvgIpc) is 2.90. The molecule has 1 aliphatic heterocycles. The molecule has 0 fully saturated rings. The van der Waals surface area contributed by atoms with Crippen LogP contribution in [0.2, 0.25) is 0 Å². The Morgan fingerprint density at radius 3 is 2.80 bits per heavy atom. The molecule has 2 N–H and O–H groups in total. The minimum absolute atomic E-state index is 0.209. The lowest BCUT2D eigenvalue weighted by Gasteiger charge is -2.06. The number of aromatic nitrogens is 1. The second kappa shape index (κ2) is 8.18. The molecule has 0 saturated heterocycles. The number of nitrogens with one attached hydrogen (secondary N) is 1. The predicted octanol–water partition coefficient (Wildman–Crippen LogP) is 4.57. The van der Waals surface area contributed by atoms with Crippen molar-refractivity contribution in [2.24, 2.45) is 4.99 Å². The third-order valence-corrected chi connectivity index (χ3v) is 4.76. The molecule has 5 nitrogen and oxygen atoms in total. The fourth-order valence-electron chi connectivity index (χ4n) is 2.49. The molecule has 0 atom stereocenters. The molecule has 0 aliphatic carbocycles. The van der Waals surface area contributed by atoms with Gasteiger partial charge in [-0.25, -0.2) is 4.99 Å². The van der Waals surface area contributed by atoms with Crippen molar-refractivity contribution in [2.75, 3.05) is 0 Å². The van der Waals surface area contributed by atoms with Gasteiger partial charge in [-0.2, -0.15) is 0 Å². The molecule has 6 heteroatoms. The molecule has 0 amide bonds. The lowest BCUT2D eigenvalue weighted by molar-refractivity contribution is 0.404. The molecule has 3 rings (SSSR count). The number of hydrogen-bond donors (Lipinski definition) is 2. The van der Waals surface area contributed by atoms with Crippen molar-refractivity contribution in [2.45, 2.75) is 32.6 Å². The number of aliphatic imine (C=N–C) groups is 1. The highest BCUT2D eigenvalue weighted by atomic mass is 32.2. The summed E-state index contributed by atoms with van der Waals surface area (Å²) < 4.78 is 8.88. The zero-order valence-corrected chi connectivity index (χ0v) is 15.1. The smallest absolute Gasteiger partial charge is 0.189 e. The van der Waals surface area contributed by atoms with Crippen molar-refractivity contribution in [3.63, 3.8) is 0 Å². The second-order valence-electron chi connectivity index (χ2n) is 5.78. The summed E-state index contributed by atoms with van der Waals surface area (Å²) in [6.45, 7) is 4.34. The van der Waals surface area contributed by atoms with Gasteiger partial charge in [0.05, 0.1) is 11.4 Å². The minimum atomic E-state index is 0.209. The zero-order valence-electron chi connectivity index (χ0n) is 14.3. The topological polar surface area (TPSA) is 70.7 Å². The third-order valence-electron chi connectivity index (χ3n) is 3.93. The van der Waals surface area contributed by atoms with Gasteiger partial charge in [0.15, 0.2) is 5.76 Å². The second-order valence-corrected chi connectivity index (χ2v) is 6.65. The molecular weight excluding hydrogens is 334 g/mol. The van der Waals surface area contributed by atoms with Crippen LogP contribution in [-0.4, -0.2) is 16.0 Å². The first-order valence-electron chi connectivity index (χ1n) is 8.14. The molecule has 2 heterocycles. The van der Waals surface area contributed by atoms with Gasteiger partial charge < -0.3 is 9.63 Å². The molecule has 1 aliphatic rings. The maximum atomic E-state index is 9.81. The van der Waals surface area contributed by atoms with Crippen molar-refractivity contribution < 1.29 is 9.63 Å². The Hall–Kier alpha value is -2.31. The van der Waals surface area contributed by atoms with E-state index in [0.717, 1.165) is 17.0 Å². The zero-order chi connectivity index (χ0) is 17.6. The lowest BCUT2D eigenvalue weighted by Crippen LogP contribution is -2.06. The first kappa shape index (κ1) is 17.5. The Labute approximate surface area is 151 Å². The number of aryl methyl sites for hydroxylation is 1. The van der Waals surface area contributed by atoms with Crippen LogP contribution in [0.25, 0.3) is 5.70 Å². The summed E-state index contributed by atoms with van der Waals surface area (Å²) in [7, 11) is 0. The van der Waals surface area contributed by atoms with Crippen LogP contribution in [0, 0.1) is 6.92 Å². The first-order valence-corrected chi connectivity index (χ1v) is 9.12. The quantitative estimate of drug-likeness (QED) is 0.587. The van der Waals surface area contributed by atoms with E-state index in [1.54, 1.807) is 24.9 Å². The van der Waals surface area contributed by atoms with E-state index in [4.69, 9.17) is 4.52 Å². The fraction of sp³-hybridized carbons (Fsp3) is 0.263. The van der Waals surface area contributed by atoms with E-state index in [-0.39, 0.29) is 5.76 Å². The Morgan fingerprint density at radius 1 is 1.20 bits per heavy atom. The highest BCUT2D eigenvalue weighted by Crippen LogP contribution is 2.26. The molecule has 1 aromatic carbocycles. The van der Waals surface area contributed by atoms with Gasteiger partial charge in [0, 0.05) is 17.9 Å². The van der Waals surface area contributed by atoms with Gasteiger partial charge >= 0.3 is 0 Å². The summed E-state index contributed by atoms with van der Waals surface area (Å²) in [5, 5.41) is 13.9. The SMILES string of the molecule is CC1=NC(c2onc(C)c2CNSCc2ccccc2)=CCC=C1O. The van der Waals surface area contributed by atoms with Gasteiger partial charge in [-0.3, -0.25) is 4.72 Å². The van der Waals surface area contributed by atoms with Crippen molar-refractivity contribution in [3.05, 3.63) is 70.8 Å². The minimum Gasteiger partial charge on any atom is -0.506 e. The molecule has 2 aromatic rings. The van der Waals surface area contributed by atoms with Crippen LogP contribution < -0.4 is 4.72 Å². The van der Waals surface area contributed by atoms with Crippen LogP contribution >= 0.6 is 11.9 Å². The van der Waals surface area contributed by atoms with Crippen molar-refractivity contribution in [3.8, 4) is 0 Å². The number of rotatable bonds is 6. The van der Waals surface area contributed by atoms with Crippen molar-refractivity contribution in [1.29, 1.82) is 0 Å². The van der Waals surface area contributed by atoms with E-state index < -0.39 is 0 Å². The van der Waals surface area contributed by atoms with Gasteiger partial charge in [0.1, 0.15) is 11.5 Å². The van der Waals surface area contributed by atoms with E-state index in [2.05, 4.69) is 27.0 Å². The third kappa shape index (κ3) is 4.41. The molecule has 1 aromatic heterocycles. The molecular formula is C19H21N3O2S. The number of allylic oxidation sites excluding steroid dienone is 3. The van der Waals surface area contributed by atoms with E-state index in [0.29, 0.717) is 30.1 Å². The largest absolute Gasteiger partial charge is 0.506 e. The van der Waals surface area contributed by atoms with Gasteiger partial charge in [0.2, 0.25) is 0 Å². The summed E-state index contributed by atoms with van der Waals surface area (Å²) in [6.07, 6.45) is 4.29. The molecule has 25 heavy (non-hydrogen) atoms. The normalized spacial score (nSPS) is 14.6. The van der Waals surface area contributed by atoms with Crippen LogP contribution in [-0.2, 0) is 12.3 Å². The summed E-state index contributed by atoms with van der Waals surface area (Å²) in [5.74, 6) is 1.76. The Kier molecular flexibility index (Phi) is 5.73. The Morgan fingerprint density at radius 2 is 2.00 bits per heavy atom. The lowest BCUT2D eigenvalue weighted by atomic mass is 10.1. The fourth-order valence-corrected chi connectivity index (χ4v) is 3.19. The van der Waals surface area contributed by atoms with Crippen LogP contribution in [0.4, 0.5) is 0 Å². The standard InChI is InChI=1S/C19H21N3O2S/c1-13-16(11-20-25-12-15-7-4-3-5-8-15)19(24-22-13)17-9-6-10-18(23)14(2)21-17/h3-5,7-10,20,23H,6,11-12H2,1-2H3. The molecule has 0 unspecified atom stereocenters. The average molecular weight is 355 g/mol. The van der Waals surface area contributed by atoms with Crippen molar-refractivity contribution in [1.82, 2.24) is 9.88 Å². The van der Waals surface area contributed by atoms with E-state index in [1.807, 2.05) is 31.2 Å². The predicted molar refractivity (Wildman–Crippen MR) is 102 cm³/mol. The number of benzene rings is 1. The Bertz CT molecular complexity index is 822. The van der Waals surface area contributed by atoms with E-state index in [9.17, 15) is 5.11 Å². The van der Waals surface area contributed by atoms with Gasteiger partial charge in [-0.15, -0.1) is 0 Å². The van der Waals surface area contributed by atoms with Crippen LogP contribution in [0.5, 0.6) is 0 Å². The Balaban J connectivity index is 1.67. The van der Waals surface area contributed by atoms with Crippen molar-refractivity contribution >= 4 is 23.4 Å². The van der Waals surface area contributed by atoms with Gasteiger partial charge in [0.25, 0.3) is 0 Å².